The molecule has 0 spiro atoms. The number of nitrogens with one attached hydrogen (secondary N) is 1. The number of benzene rings is 3. The van der Waals surface area contributed by atoms with E-state index in [1.165, 1.54) is 30.3 Å². The molecule has 0 aliphatic heterocycles. The molecular formula is C21H17Cl3N2O3S. The van der Waals surface area contributed by atoms with Crippen molar-refractivity contribution in [2.45, 2.75) is 11.8 Å². The molecule has 30 heavy (non-hydrogen) atoms. The molecule has 1 N–H and O–H groups in total. The monoisotopic (exact) mass is 482 g/mol. The van der Waals surface area contributed by atoms with Gasteiger partial charge in [0, 0.05) is 20.8 Å². The first-order chi connectivity index (χ1) is 14.2. The highest BCUT2D eigenvalue weighted by Gasteiger charge is 2.28. The van der Waals surface area contributed by atoms with Crippen molar-refractivity contribution in [3.05, 3.63) is 87.4 Å². The van der Waals surface area contributed by atoms with Crippen molar-refractivity contribution >= 4 is 62.1 Å². The molecule has 0 bridgehead atoms. The van der Waals surface area contributed by atoms with Crippen LogP contribution in [-0.4, -0.2) is 20.9 Å². The zero-order valence-electron chi connectivity index (χ0n) is 15.8. The van der Waals surface area contributed by atoms with Gasteiger partial charge in [0.25, 0.3) is 10.0 Å². The molecule has 9 heteroatoms. The zero-order chi connectivity index (χ0) is 21.9. The molecule has 3 aromatic rings. The summed E-state index contributed by atoms with van der Waals surface area (Å²) in [4.78, 5) is 12.8. The molecule has 0 aliphatic carbocycles. The lowest BCUT2D eigenvalue weighted by Crippen LogP contribution is -2.38. The van der Waals surface area contributed by atoms with Crippen LogP contribution < -0.4 is 9.62 Å². The second-order valence-corrected chi connectivity index (χ2v) is 9.56. The maximum Gasteiger partial charge on any atom is 0.264 e. The predicted molar refractivity (Wildman–Crippen MR) is 122 cm³/mol. The summed E-state index contributed by atoms with van der Waals surface area (Å²) in [5, 5.41) is 3.72. The van der Waals surface area contributed by atoms with Gasteiger partial charge in [-0.15, -0.1) is 0 Å². The molecule has 3 rings (SSSR count). The minimum atomic E-state index is -4.04. The van der Waals surface area contributed by atoms with Crippen molar-refractivity contribution in [2.75, 3.05) is 16.2 Å². The largest absolute Gasteiger partial charge is 0.324 e. The molecular weight excluding hydrogens is 467 g/mol. The second kappa shape index (κ2) is 9.27. The van der Waals surface area contributed by atoms with Crippen molar-refractivity contribution in [3.63, 3.8) is 0 Å². The van der Waals surface area contributed by atoms with Gasteiger partial charge in [0.1, 0.15) is 6.54 Å². The minimum Gasteiger partial charge on any atom is -0.324 e. The number of hydrogen-bond donors (Lipinski definition) is 1. The van der Waals surface area contributed by atoms with Gasteiger partial charge in [0.2, 0.25) is 5.91 Å². The molecule has 0 saturated heterocycles. The summed E-state index contributed by atoms with van der Waals surface area (Å²) in [5.74, 6) is -0.563. The summed E-state index contributed by atoms with van der Waals surface area (Å²) in [5.41, 5.74) is 1.21. The highest BCUT2D eigenvalue weighted by atomic mass is 35.5. The number of carbonyl (C=O) groups excluding carboxylic acids is 1. The second-order valence-electron chi connectivity index (χ2n) is 6.41. The number of amides is 1. The molecule has 3 aromatic carbocycles. The van der Waals surface area contributed by atoms with Crippen LogP contribution >= 0.6 is 34.8 Å². The van der Waals surface area contributed by atoms with Gasteiger partial charge in [-0.25, -0.2) is 8.42 Å². The van der Waals surface area contributed by atoms with Crippen LogP contribution in [-0.2, 0) is 14.8 Å². The minimum absolute atomic E-state index is 0.0583. The first kappa shape index (κ1) is 22.4. The molecule has 1 amide bonds. The molecule has 0 atom stereocenters. The first-order valence-corrected chi connectivity index (χ1v) is 11.3. The van der Waals surface area contributed by atoms with Crippen LogP contribution in [0.1, 0.15) is 5.56 Å². The molecule has 0 saturated carbocycles. The van der Waals surface area contributed by atoms with Crippen LogP contribution in [0.4, 0.5) is 11.4 Å². The Balaban J connectivity index is 1.99. The number of rotatable bonds is 6. The topological polar surface area (TPSA) is 66.5 Å². The lowest BCUT2D eigenvalue weighted by molar-refractivity contribution is -0.114. The summed E-state index contributed by atoms with van der Waals surface area (Å²) in [6.45, 7) is 1.22. The Morgan fingerprint density at radius 2 is 1.57 bits per heavy atom. The van der Waals surface area contributed by atoms with E-state index in [-0.39, 0.29) is 4.90 Å². The Kier molecular flexibility index (Phi) is 6.93. The van der Waals surface area contributed by atoms with Crippen LogP contribution in [0, 0.1) is 6.92 Å². The maximum atomic E-state index is 13.4. The van der Waals surface area contributed by atoms with Crippen LogP contribution in [0.25, 0.3) is 0 Å². The van der Waals surface area contributed by atoms with Gasteiger partial charge in [0.15, 0.2) is 0 Å². The summed E-state index contributed by atoms with van der Waals surface area (Å²) >= 11 is 18.1. The van der Waals surface area contributed by atoms with Crippen molar-refractivity contribution in [3.8, 4) is 0 Å². The third-order valence-corrected chi connectivity index (χ3v) is 6.89. The van der Waals surface area contributed by atoms with Gasteiger partial charge in [0.05, 0.1) is 10.6 Å². The van der Waals surface area contributed by atoms with Gasteiger partial charge >= 0.3 is 0 Å². The first-order valence-electron chi connectivity index (χ1n) is 8.77. The molecule has 0 unspecified atom stereocenters. The maximum absolute atomic E-state index is 13.4. The molecule has 0 aliphatic rings. The van der Waals surface area contributed by atoms with E-state index in [0.717, 1.165) is 4.31 Å². The van der Waals surface area contributed by atoms with Crippen molar-refractivity contribution in [1.29, 1.82) is 0 Å². The van der Waals surface area contributed by atoms with Gasteiger partial charge in [-0.1, -0.05) is 59.1 Å². The van der Waals surface area contributed by atoms with E-state index in [0.29, 0.717) is 32.0 Å². The summed E-state index contributed by atoms with van der Waals surface area (Å²) in [7, 11) is -4.04. The molecule has 156 valence electrons. The van der Waals surface area contributed by atoms with E-state index in [9.17, 15) is 13.2 Å². The Labute approximate surface area is 190 Å². The van der Waals surface area contributed by atoms with E-state index < -0.39 is 22.5 Å². The lowest BCUT2D eigenvalue weighted by Gasteiger charge is -2.26. The Morgan fingerprint density at radius 1 is 0.933 bits per heavy atom. The number of hydrogen-bond acceptors (Lipinski definition) is 3. The number of sulfonamides is 1. The Morgan fingerprint density at radius 3 is 2.20 bits per heavy atom. The predicted octanol–water partition coefficient (Wildman–Crippen LogP) is 5.79. The third kappa shape index (κ3) is 5.08. The lowest BCUT2D eigenvalue weighted by atomic mass is 10.2. The van der Waals surface area contributed by atoms with E-state index in [4.69, 9.17) is 34.8 Å². The average Bonchev–Trinajstić information content (AvgIpc) is 2.68. The fourth-order valence-electron chi connectivity index (χ4n) is 2.84. The smallest absolute Gasteiger partial charge is 0.264 e. The fourth-order valence-corrected chi connectivity index (χ4v) is 5.04. The average molecular weight is 484 g/mol. The van der Waals surface area contributed by atoms with Crippen LogP contribution in [0.3, 0.4) is 0 Å². The standard InChI is InChI=1S/C21H17Cl3N2O3S/c1-14-19(24)8-5-9-20(14)26(30(28,29)18-6-3-2-4-7-18)13-21(27)25-17-11-15(22)10-16(23)12-17/h2-12H,13H2,1H3,(H,25,27). The Hall–Kier alpha value is -2.25. The summed E-state index contributed by atoms with van der Waals surface area (Å²) < 4.78 is 27.7. The number of carbonyl (C=O) groups is 1. The highest BCUT2D eigenvalue weighted by molar-refractivity contribution is 7.92. The van der Waals surface area contributed by atoms with E-state index >= 15 is 0 Å². The SMILES string of the molecule is Cc1c(Cl)cccc1N(CC(=O)Nc1cc(Cl)cc(Cl)c1)S(=O)(=O)c1ccccc1. The number of anilines is 2. The van der Waals surface area contributed by atoms with E-state index in [1.54, 1.807) is 43.3 Å². The van der Waals surface area contributed by atoms with Gasteiger partial charge in [-0.3, -0.25) is 9.10 Å². The highest BCUT2D eigenvalue weighted by Crippen LogP contribution is 2.31. The Bertz CT molecular complexity index is 1170. The summed E-state index contributed by atoms with van der Waals surface area (Å²) in [6, 6.07) is 17.3. The molecule has 0 heterocycles. The number of halogens is 3. The van der Waals surface area contributed by atoms with Crippen molar-refractivity contribution in [1.82, 2.24) is 0 Å². The van der Waals surface area contributed by atoms with Crippen LogP contribution in [0.2, 0.25) is 15.1 Å². The van der Waals surface area contributed by atoms with Crippen LogP contribution in [0.15, 0.2) is 71.6 Å². The van der Waals surface area contributed by atoms with Gasteiger partial charge in [-0.05, 0) is 55.0 Å². The van der Waals surface area contributed by atoms with Gasteiger partial charge < -0.3 is 5.32 Å². The quantitative estimate of drug-likeness (QED) is 0.482. The molecule has 0 fully saturated rings. The fraction of sp³-hybridized carbons (Fsp3) is 0.0952. The van der Waals surface area contributed by atoms with E-state index in [1.807, 2.05) is 0 Å². The van der Waals surface area contributed by atoms with Crippen molar-refractivity contribution < 1.29 is 13.2 Å². The van der Waals surface area contributed by atoms with Gasteiger partial charge in [-0.2, -0.15) is 0 Å². The van der Waals surface area contributed by atoms with Crippen molar-refractivity contribution in [2.24, 2.45) is 0 Å². The summed E-state index contributed by atoms with van der Waals surface area (Å²) in [6.07, 6.45) is 0. The molecule has 0 aromatic heterocycles. The third-order valence-electron chi connectivity index (χ3n) is 4.27. The van der Waals surface area contributed by atoms with E-state index in [2.05, 4.69) is 5.32 Å². The van der Waals surface area contributed by atoms with Crippen LogP contribution in [0.5, 0.6) is 0 Å². The normalized spacial score (nSPS) is 11.2. The number of nitrogens with zero attached hydrogens (tertiary/aromatic N) is 1. The molecule has 0 radical (unpaired) electrons. The zero-order valence-corrected chi connectivity index (χ0v) is 18.9. The molecule has 5 nitrogen and oxygen atoms in total.